The van der Waals surface area contributed by atoms with Crippen molar-refractivity contribution in [2.45, 2.75) is 19.1 Å². The third-order valence-corrected chi connectivity index (χ3v) is 5.68. The lowest BCUT2D eigenvalue weighted by Gasteiger charge is -2.34. The van der Waals surface area contributed by atoms with Gasteiger partial charge in [-0.05, 0) is 43.6 Å². The molecular formula is C18H24BrN3O2. The molecule has 3 heterocycles. The zero-order valence-corrected chi connectivity index (χ0v) is 15.5. The molecule has 130 valence electrons. The first kappa shape index (κ1) is 16.5. The van der Waals surface area contributed by atoms with Crippen LogP contribution < -0.4 is 0 Å². The topological polar surface area (TPSA) is 37.3 Å². The summed E-state index contributed by atoms with van der Waals surface area (Å²) >= 11 is 3.51. The molecule has 0 radical (unpaired) electrons. The first-order valence-corrected chi connectivity index (χ1v) is 9.64. The monoisotopic (exact) mass is 393 g/mol. The highest BCUT2D eigenvalue weighted by Gasteiger charge is 2.40. The van der Waals surface area contributed by atoms with Crippen LogP contribution in [0, 0.1) is 5.92 Å². The molecule has 24 heavy (non-hydrogen) atoms. The highest BCUT2D eigenvalue weighted by Crippen LogP contribution is 2.29. The second-order valence-electron chi connectivity index (χ2n) is 6.74. The van der Waals surface area contributed by atoms with Crippen LogP contribution in [0.4, 0.5) is 0 Å². The molecule has 0 bridgehead atoms. The van der Waals surface area contributed by atoms with Crippen molar-refractivity contribution < 1.29 is 9.57 Å². The summed E-state index contributed by atoms with van der Waals surface area (Å²) in [5, 5.41) is 4.51. The van der Waals surface area contributed by atoms with Gasteiger partial charge < -0.3 is 14.5 Å². The zero-order chi connectivity index (χ0) is 16.4. The van der Waals surface area contributed by atoms with Crippen molar-refractivity contribution in [1.82, 2.24) is 9.80 Å². The Morgan fingerprint density at radius 1 is 1.04 bits per heavy atom. The third kappa shape index (κ3) is 3.52. The Hall–Kier alpha value is -0.950. The molecule has 2 saturated heterocycles. The first-order valence-electron chi connectivity index (χ1n) is 8.85. The quantitative estimate of drug-likeness (QED) is 0.787. The molecule has 0 saturated carbocycles. The van der Waals surface area contributed by atoms with Crippen molar-refractivity contribution >= 4 is 21.6 Å². The van der Waals surface area contributed by atoms with Gasteiger partial charge in [0.2, 0.25) is 0 Å². The number of benzene rings is 1. The maximum absolute atomic E-state index is 5.93. The van der Waals surface area contributed by atoms with E-state index in [1.165, 1.54) is 25.9 Å². The Kier molecular flexibility index (Phi) is 5.17. The van der Waals surface area contributed by atoms with E-state index in [1.54, 1.807) is 0 Å². The maximum atomic E-state index is 5.93. The predicted octanol–water partition coefficient (Wildman–Crippen LogP) is 2.55. The van der Waals surface area contributed by atoms with Crippen molar-refractivity contribution in [2.75, 3.05) is 45.9 Å². The van der Waals surface area contributed by atoms with Gasteiger partial charge in [-0.15, -0.1) is 0 Å². The smallest absolute Gasteiger partial charge is 0.191 e. The van der Waals surface area contributed by atoms with Gasteiger partial charge >= 0.3 is 0 Å². The predicted molar refractivity (Wildman–Crippen MR) is 97.1 cm³/mol. The van der Waals surface area contributed by atoms with Crippen molar-refractivity contribution in [1.29, 1.82) is 0 Å². The molecule has 0 aromatic heterocycles. The van der Waals surface area contributed by atoms with E-state index >= 15 is 0 Å². The van der Waals surface area contributed by atoms with Crippen LogP contribution in [0.25, 0.3) is 0 Å². The summed E-state index contributed by atoms with van der Waals surface area (Å²) in [6, 6.07) is 8.41. The van der Waals surface area contributed by atoms with Crippen LogP contribution in [0.2, 0.25) is 0 Å². The summed E-state index contributed by atoms with van der Waals surface area (Å²) in [7, 11) is 0. The van der Waals surface area contributed by atoms with Crippen LogP contribution in [0.1, 0.15) is 18.4 Å². The lowest BCUT2D eigenvalue weighted by molar-refractivity contribution is -0.0991. The fourth-order valence-electron chi connectivity index (χ4n) is 3.85. The van der Waals surface area contributed by atoms with E-state index in [0.717, 1.165) is 48.6 Å². The van der Waals surface area contributed by atoms with Crippen LogP contribution in [-0.4, -0.2) is 67.7 Å². The molecular weight excluding hydrogens is 370 g/mol. The second kappa shape index (κ2) is 7.52. The third-order valence-electron chi connectivity index (χ3n) is 5.15. The minimum atomic E-state index is 0.0353. The number of morpholine rings is 1. The molecule has 0 N–H and O–H groups in total. The molecule has 2 fully saturated rings. The number of likely N-dealkylation sites (tertiary alicyclic amines) is 1. The highest BCUT2D eigenvalue weighted by atomic mass is 79.9. The van der Waals surface area contributed by atoms with Crippen molar-refractivity contribution in [3.05, 3.63) is 34.3 Å². The lowest BCUT2D eigenvalue weighted by Crippen LogP contribution is -2.50. The minimum Gasteiger partial charge on any atom is -0.379 e. The van der Waals surface area contributed by atoms with Gasteiger partial charge in [0.05, 0.1) is 24.8 Å². The van der Waals surface area contributed by atoms with E-state index in [9.17, 15) is 0 Å². The molecule has 0 spiro atoms. The van der Waals surface area contributed by atoms with Crippen LogP contribution in [0.3, 0.4) is 0 Å². The van der Waals surface area contributed by atoms with E-state index in [1.807, 2.05) is 0 Å². The summed E-state index contributed by atoms with van der Waals surface area (Å²) in [6.45, 7) is 6.82. The Morgan fingerprint density at radius 2 is 1.75 bits per heavy atom. The van der Waals surface area contributed by atoms with Gasteiger partial charge in [0, 0.05) is 24.1 Å². The average Bonchev–Trinajstić information content (AvgIpc) is 3.27. The summed E-state index contributed by atoms with van der Waals surface area (Å²) in [5.41, 5.74) is 2.25. The molecule has 0 unspecified atom stereocenters. The molecule has 4 rings (SSSR count). The largest absolute Gasteiger partial charge is 0.379 e. The van der Waals surface area contributed by atoms with Gasteiger partial charge in [-0.3, -0.25) is 4.90 Å². The number of rotatable bonds is 4. The van der Waals surface area contributed by atoms with Gasteiger partial charge in [0.25, 0.3) is 0 Å². The molecule has 3 aliphatic rings. The van der Waals surface area contributed by atoms with Crippen LogP contribution in [0.5, 0.6) is 0 Å². The fraction of sp³-hybridized carbons (Fsp3) is 0.611. The molecule has 0 aliphatic carbocycles. The summed E-state index contributed by atoms with van der Waals surface area (Å²) in [4.78, 5) is 10.9. The number of oxime groups is 1. The molecule has 3 aliphatic heterocycles. The van der Waals surface area contributed by atoms with Crippen molar-refractivity contribution in [2.24, 2.45) is 11.1 Å². The summed E-state index contributed by atoms with van der Waals surface area (Å²) in [5.74, 6) is 0.294. The first-order chi connectivity index (χ1) is 11.8. The van der Waals surface area contributed by atoms with Crippen LogP contribution >= 0.6 is 15.9 Å². The average molecular weight is 394 g/mol. The van der Waals surface area contributed by atoms with E-state index in [2.05, 4.69) is 55.2 Å². The Morgan fingerprint density at radius 3 is 2.46 bits per heavy atom. The fourth-order valence-corrected chi connectivity index (χ4v) is 4.11. The van der Waals surface area contributed by atoms with Gasteiger partial charge in [-0.25, -0.2) is 0 Å². The maximum Gasteiger partial charge on any atom is 0.191 e. The number of nitrogens with zero attached hydrogens (tertiary/aromatic N) is 3. The van der Waals surface area contributed by atoms with Gasteiger partial charge in [-0.2, -0.15) is 0 Å². The number of hydrogen-bond donors (Lipinski definition) is 0. The van der Waals surface area contributed by atoms with Crippen LogP contribution in [0.15, 0.2) is 33.9 Å². The number of halogens is 1. The molecule has 6 heteroatoms. The van der Waals surface area contributed by atoms with Gasteiger partial charge in [0.15, 0.2) is 6.23 Å². The number of ether oxygens (including phenoxy) is 1. The molecule has 1 aromatic rings. The molecule has 0 amide bonds. The van der Waals surface area contributed by atoms with Crippen molar-refractivity contribution in [3.63, 3.8) is 0 Å². The van der Waals surface area contributed by atoms with E-state index in [-0.39, 0.29) is 6.23 Å². The lowest BCUT2D eigenvalue weighted by atomic mass is 9.94. The number of hydrogen-bond acceptors (Lipinski definition) is 5. The van der Waals surface area contributed by atoms with E-state index < -0.39 is 0 Å². The SMILES string of the molecule is Brc1ccc(C2=NO[C@@H](N3CCOCC3)[C@H]2CN2CCCC2)cc1. The minimum absolute atomic E-state index is 0.0353. The normalized spacial score (nSPS) is 28.8. The van der Waals surface area contributed by atoms with Crippen molar-refractivity contribution in [3.8, 4) is 0 Å². The van der Waals surface area contributed by atoms with Crippen LogP contribution in [-0.2, 0) is 9.57 Å². The second-order valence-corrected chi connectivity index (χ2v) is 7.66. The summed E-state index contributed by atoms with van der Waals surface area (Å²) in [6.07, 6.45) is 2.65. The van der Waals surface area contributed by atoms with E-state index in [4.69, 9.17) is 9.57 Å². The van der Waals surface area contributed by atoms with Gasteiger partial charge in [-0.1, -0.05) is 33.2 Å². The molecule has 2 atom stereocenters. The molecule has 1 aromatic carbocycles. The summed E-state index contributed by atoms with van der Waals surface area (Å²) < 4.78 is 6.59. The Labute approximate surface area is 151 Å². The standard InChI is InChI=1S/C18H24BrN3O2/c19-15-5-3-14(4-6-15)17-16(13-21-7-1-2-8-21)18(24-20-17)22-9-11-23-12-10-22/h3-6,16,18H,1-2,7-13H2/t16-,18+/m0/s1. The van der Waals surface area contributed by atoms with Gasteiger partial charge in [0.1, 0.15) is 0 Å². The highest BCUT2D eigenvalue weighted by molar-refractivity contribution is 9.10. The Balaban J connectivity index is 1.55. The van der Waals surface area contributed by atoms with E-state index in [0.29, 0.717) is 5.92 Å². The zero-order valence-electron chi connectivity index (χ0n) is 13.9. The molecule has 5 nitrogen and oxygen atoms in total. The Bertz CT molecular complexity index is 580.